The van der Waals surface area contributed by atoms with E-state index < -0.39 is 11.6 Å². The van der Waals surface area contributed by atoms with Crippen LogP contribution in [0, 0.1) is 24.0 Å². The Morgan fingerprint density at radius 1 is 1.30 bits per heavy atom. The molecule has 0 atom stereocenters. The number of hydrogen-bond acceptors (Lipinski definition) is 3. The molecule has 0 saturated heterocycles. The molecule has 0 aliphatic carbocycles. The van der Waals surface area contributed by atoms with Crippen molar-refractivity contribution in [2.75, 3.05) is 0 Å². The first kappa shape index (κ1) is 12.2. The highest BCUT2D eigenvalue weighted by molar-refractivity contribution is 5.81. The third kappa shape index (κ3) is 1.99. The van der Waals surface area contributed by atoms with Gasteiger partial charge in [0.1, 0.15) is 17.3 Å². The van der Waals surface area contributed by atoms with E-state index in [-0.39, 0.29) is 17.9 Å². The highest BCUT2D eigenvalue weighted by atomic mass is 19.1. The normalized spacial score (nSPS) is 10.7. The molecular weight excluding hydrogens is 262 g/mol. The van der Waals surface area contributed by atoms with Crippen molar-refractivity contribution in [2.45, 2.75) is 6.54 Å². The molecule has 0 aromatic carbocycles. The van der Waals surface area contributed by atoms with E-state index in [9.17, 15) is 8.78 Å². The molecule has 0 N–H and O–H groups in total. The SMILES string of the molecule is C#Cc1nn(Cc2ncccc2F)c2ncc(F)cc12. The molecule has 3 aromatic heterocycles. The van der Waals surface area contributed by atoms with Crippen molar-refractivity contribution in [3.63, 3.8) is 0 Å². The summed E-state index contributed by atoms with van der Waals surface area (Å²) >= 11 is 0. The first-order valence-electron chi connectivity index (χ1n) is 5.77. The van der Waals surface area contributed by atoms with Gasteiger partial charge in [0.05, 0.1) is 23.8 Å². The lowest BCUT2D eigenvalue weighted by Gasteiger charge is -2.03. The summed E-state index contributed by atoms with van der Waals surface area (Å²) in [6.45, 7) is 0.0729. The molecule has 0 radical (unpaired) electrons. The van der Waals surface area contributed by atoms with E-state index >= 15 is 0 Å². The summed E-state index contributed by atoms with van der Waals surface area (Å²) in [5.41, 5.74) is 0.874. The van der Waals surface area contributed by atoms with Crippen LogP contribution < -0.4 is 0 Å². The van der Waals surface area contributed by atoms with Crippen LogP contribution in [-0.2, 0) is 6.54 Å². The van der Waals surface area contributed by atoms with E-state index in [4.69, 9.17) is 6.42 Å². The molecule has 0 unspecified atom stereocenters. The van der Waals surface area contributed by atoms with Gasteiger partial charge in [-0.2, -0.15) is 5.10 Å². The Morgan fingerprint density at radius 2 is 2.15 bits per heavy atom. The average Bonchev–Trinajstić information content (AvgIpc) is 2.78. The molecule has 20 heavy (non-hydrogen) atoms. The third-order valence-corrected chi connectivity index (χ3v) is 2.82. The van der Waals surface area contributed by atoms with Gasteiger partial charge in [-0.05, 0) is 24.1 Å². The van der Waals surface area contributed by atoms with Crippen LogP contribution in [0.5, 0.6) is 0 Å². The van der Waals surface area contributed by atoms with E-state index in [0.717, 1.165) is 6.20 Å². The van der Waals surface area contributed by atoms with Crippen LogP contribution in [0.25, 0.3) is 11.0 Å². The molecule has 0 aliphatic heterocycles. The molecule has 0 bridgehead atoms. The van der Waals surface area contributed by atoms with Crippen LogP contribution >= 0.6 is 0 Å². The Bertz CT molecular complexity index is 833. The van der Waals surface area contributed by atoms with Gasteiger partial charge >= 0.3 is 0 Å². The summed E-state index contributed by atoms with van der Waals surface area (Å²) in [7, 11) is 0. The van der Waals surface area contributed by atoms with Crippen LogP contribution in [0.4, 0.5) is 8.78 Å². The monoisotopic (exact) mass is 270 g/mol. The van der Waals surface area contributed by atoms with Gasteiger partial charge in [-0.1, -0.05) is 0 Å². The largest absolute Gasteiger partial charge is 0.256 e. The van der Waals surface area contributed by atoms with Crippen LogP contribution in [-0.4, -0.2) is 19.7 Å². The molecule has 0 aliphatic rings. The van der Waals surface area contributed by atoms with Gasteiger partial charge in [-0.25, -0.2) is 18.4 Å². The highest BCUT2D eigenvalue weighted by Crippen LogP contribution is 2.18. The van der Waals surface area contributed by atoms with Gasteiger partial charge in [0.15, 0.2) is 5.65 Å². The molecule has 0 saturated carbocycles. The fraction of sp³-hybridized carbons (Fsp3) is 0.0714. The second-order valence-corrected chi connectivity index (χ2v) is 4.11. The van der Waals surface area contributed by atoms with E-state index in [0.29, 0.717) is 11.0 Å². The molecule has 98 valence electrons. The minimum Gasteiger partial charge on any atom is -0.256 e. The van der Waals surface area contributed by atoms with Crippen molar-refractivity contribution in [3.8, 4) is 12.3 Å². The zero-order chi connectivity index (χ0) is 14.1. The van der Waals surface area contributed by atoms with Gasteiger partial charge in [-0.15, -0.1) is 6.42 Å². The summed E-state index contributed by atoms with van der Waals surface area (Å²) < 4.78 is 28.2. The summed E-state index contributed by atoms with van der Waals surface area (Å²) in [5.74, 6) is 1.42. The molecule has 3 heterocycles. The summed E-state index contributed by atoms with van der Waals surface area (Å²) in [4.78, 5) is 7.90. The summed E-state index contributed by atoms with van der Waals surface area (Å²) in [5, 5.41) is 4.55. The smallest absolute Gasteiger partial charge is 0.159 e. The van der Waals surface area contributed by atoms with Crippen LogP contribution in [0.3, 0.4) is 0 Å². The fourth-order valence-electron chi connectivity index (χ4n) is 1.93. The minimum absolute atomic E-state index is 0.0729. The second-order valence-electron chi connectivity index (χ2n) is 4.11. The van der Waals surface area contributed by atoms with Crippen molar-refractivity contribution in [1.29, 1.82) is 0 Å². The predicted molar refractivity (Wildman–Crippen MR) is 68.7 cm³/mol. The Morgan fingerprint density at radius 3 is 2.90 bits per heavy atom. The number of aromatic nitrogens is 4. The maximum absolute atomic E-state index is 13.6. The molecule has 4 nitrogen and oxygen atoms in total. The molecule has 6 heteroatoms. The van der Waals surface area contributed by atoms with Crippen molar-refractivity contribution < 1.29 is 8.78 Å². The summed E-state index contributed by atoms with van der Waals surface area (Å²) in [6.07, 6.45) is 7.89. The van der Waals surface area contributed by atoms with Crippen LogP contribution in [0.1, 0.15) is 11.4 Å². The lowest BCUT2D eigenvalue weighted by Crippen LogP contribution is -2.06. The zero-order valence-electron chi connectivity index (χ0n) is 10.2. The van der Waals surface area contributed by atoms with E-state index in [1.807, 2.05) is 0 Å². The maximum Gasteiger partial charge on any atom is 0.159 e. The molecular formula is C14H8F2N4. The minimum atomic E-state index is -0.502. The van der Waals surface area contributed by atoms with Gasteiger partial charge in [0, 0.05) is 6.20 Å². The first-order valence-corrected chi connectivity index (χ1v) is 5.77. The molecule has 0 spiro atoms. The second kappa shape index (κ2) is 4.70. The summed E-state index contributed by atoms with van der Waals surface area (Å²) in [6, 6.07) is 4.07. The van der Waals surface area contributed by atoms with Crippen molar-refractivity contribution in [2.24, 2.45) is 0 Å². The topological polar surface area (TPSA) is 43.6 Å². The lowest BCUT2D eigenvalue weighted by atomic mass is 10.2. The van der Waals surface area contributed by atoms with E-state index in [1.165, 1.54) is 29.1 Å². The number of halogens is 2. The standard InChI is InChI=1S/C14H8F2N4/c1-2-12-10-6-9(15)7-18-14(10)20(19-12)8-13-11(16)4-3-5-17-13/h1,3-7H,8H2. The Labute approximate surface area is 113 Å². The number of hydrogen-bond donors (Lipinski definition) is 0. The van der Waals surface area contributed by atoms with Crippen LogP contribution in [0.15, 0.2) is 30.6 Å². The fourth-order valence-corrected chi connectivity index (χ4v) is 1.93. The maximum atomic E-state index is 13.6. The van der Waals surface area contributed by atoms with Crippen molar-refractivity contribution in [3.05, 3.63) is 53.6 Å². The zero-order valence-corrected chi connectivity index (χ0v) is 10.2. The number of rotatable bonds is 2. The quantitative estimate of drug-likeness (QED) is 0.670. The Kier molecular flexibility index (Phi) is 2.88. The van der Waals surface area contributed by atoms with Gasteiger partial charge in [0.25, 0.3) is 0 Å². The number of fused-ring (bicyclic) bond motifs is 1. The molecule has 0 amide bonds. The highest BCUT2D eigenvalue weighted by Gasteiger charge is 2.13. The lowest BCUT2D eigenvalue weighted by molar-refractivity contribution is 0.574. The van der Waals surface area contributed by atoms with E-state index in [2.05, 4.69) is 21.0 Å². The Balaban J connectivity index is 2.13. The number of nitrogens with zero attached hydrogens (tertiary/aromatic N) is 4. The van der Waals surface area contributed by atoms with E-state index in [1.54, 1.807) is 0 Å². The average molecular weight is 270 g/mol. The predicted octanol–water partition coefficient (Wildman–Crippen LogP) is 2.13. The van der Waals surface area contributed by atoms with Gasteiger partial charge in [-0.3, -0.25) is 4.98 Å². The van der Waals surface area contributed by atoms with Crippen molar-refractivity contribution in [1.82, 2.24) is 19.7 Å². The molecule has 0 fully saturated rings. The Hall–Kier alpha value is -2.81. The third-order valence-electron chi connectivity index (χ3n) is 2.82. The number of terminal acetylenes is 1. The molecule has 3 rings (SSSR count). The molecule has 3 aromatic rings. The van der Waals surface area contributed by atoms with Gasteiger partial charge in [0.2, 0.25) is 0 Å². The van der Waals surface area contributed by atoms with Crippen LogP contribution in [0.2, 0.25) is 0 Å². The van der Waals surface area contributed by atoms with Crippen molar-refractivity contribution >= 4 is 11.0 Å². The van der Waals surface area contributed by atoms with Gasteiger partial charge < -0.3 is 0 Å². The first-order chi connectivity index (χ1) is 9.69. The number of pyridine rings is 2.